The molecule has 216 valence electrons. The number of aryl methyl sites for hydroxylation is 1. The molecule has 0 aliphatic carbocycles. The summed E-state index contributed by atoms with van der Waals surface area (Å²) in [5.41, 5.74) is 2.45. The number of aromatic nitrogens is 4. The second-order valence-electron chi connectivity index (χ2n) is 11.5. The van der Waals surface area contributed by atoms with E-state index < -0.39 is 5.82 Å². The standard InChI is InChI=1S/C30H37FN8O2/c1-18-14-39(15-19(2)33-18)26-9-8-23(29(40)34-21-11-20-16-38(4)36-27(20)25(31)12-21)28-24(26)13-32-30(35-28)41-17-22-7-5-6-10-37(22)3/h8-9,11-13,16,18-19,22,33H,5-7,10,14-15,17H2,1-4H3,(H,34,40). The van der Waals surface area contributed by atoms with Crippen LogP contribution in [0.25, 0.3) is 21.8 Å². The average Bonchev–Trinajstić information content (AvgIpc) is 3.32. The molecular formula is C30H37FN8O2. The number of likely N-dealkylation sites (N-methyl/N-ethyl adjacent to an activating group) is 1. The molecule has 0 bridgehead atoms. The molecule has 10 nitrogen and oxygen atoms in total. The van der Waals surface area contributed by atoms with E-state index in [0.29, 0.717) is 46.9 Å². The number of benzene rings is 2. The molecule has 2 saturated heterocycles. The third-order valence-electron chi connectivity index (χ3n) is 8.11. The second kappa shape index (κ2) is 11.2. The first-order valence-electron chi connectivity index (χ1n) is 14.3. The predicted octanol–water partition coefficient (Wildman–Crippen LogP) is 3.96. The summed E-state index contributed by atoms with van der Waals surface area (Å²) in [4.78, 5) is 27.6. The van der Waals surface area contributed by atoms with E-state index in [9.17, 15) is 9.18 Å². The fourth-order valence-electron chi connectivity index (χ4n) is 6.15. The quantitative estimate of drug-likeness (QED) is 0.366. The fraction of sp³-hybridized carbons (Fsp3) is 0.467. The van der Waals surface area contributed by atoms with Crippen molar-refractivity contribution in [3.05, 3.63) is 48.0 Å². The monoisotopic (exact) mass is 560 g/mol. The first kappa shape index (κ1) is 27.3. The van der Waals surface area contributed by atoms with E-state index in [1.165, 1.54) is 18.9 Å². The number of hydrogen-bond donors (Lipinski definition) is 2. The molecule has 2 fully saturated rings. The lowest BCUT2D eigenvalue weighted by Gasteiger charge is -2.38. The molecule has 2 aromatic carbocycles. The summed E-state index contributed by atoms with van der Waals surface area (Å²) in [6.07, 6.45) is 6.92. The van der Waals surface area contributed by atoms with Crippen LogP contribution in [-0.4, -0.2) is 82.0 Å². The second-order valence-corrected chi connectivity index (χ2v) is 11.5. The molecule has 6 rings (SSSR count). The predicted molar refractivity (Wildman–Crippen MR) is 158 cm³/mol. The van der Waals surface area contributed by atoms with Gasteiger partial charge in [-0.1, -0.05) is 6.42 Å². The van der Waals surface area contributed by atoms with Crippen molar-refractivity contribution in [1.82, 2.24) is 30.0 Å². The molecule has 3 unspecified atom stereocenters. The van der Waals surface area contributed by atoms with Gasteiger partial charge in [-0.2, -0.15) is 10.1 Å². The lowest BCUT2D eigenvalue weighted by molar-refractivity contribution is 0.102. The first-order chi connectivity index (χ1) is 19.7. The van der Waals surface area contributed by atoms with Crippen LogP contribution in [0.5, 0.6) is 6.01 Å². The van der Waals surface area contributed by atoms with Crippen LogP contribution in [0, 0.1) is 5.82 Å². The topological polar surface area (TPSA) is 100 Å². The fourth-order valence-corrected chi connectivity index (χ4v) is 6.15. The number of rotatable bonds is 6. The minimum atomic E-state index is -0.494. The highest BCUT2D eigenvalue weighted by Gasteiger charge is 2.25. The van der Waals surface area contributed by atoms with E-state index >= 15 is 0 Å². The maximum absolute atomic E-state index is 14.7. The van der Waals surface area contributed by atoms with E-state index in [-0.39, 0.29) is 17.4 Å². The van der Waals surface area contributed by atoms with Gasteiger partial charge >= 0.3 is 6.01 Å². The van der Waals surface area contributed by atoms with Gasteiger partial charge in [0.2, 0.25) is 0 Å². The SMILES string of the molecule is CC1CN(c2ccc(C(=O)Nc3cc(F)c4nn(C)cc4c3)c3nc(OCC4CCCCN4C)ncc23)CC(C)N1. The van der Waals surface area contributed by atoms with Crippen LogP contribution in [0.1, 0.15) is 43.5 Å². The molecular weight excluding hydrogens is 523 g/mol. The minimum Gasteiger partial charge on any atom is -0.462 e. The van der Waals surface area contributed by atoms with Gasteiger partial charge in [-0.3, -0.25) is 9.48 Å². The van der Waals surface area contributed by atoms with Crippen molar-refractivity contribution >= 4 is 39.1 Å². The van der Waals surface area contributed by atoms with E-state index in [1.807, 2.05) is 6.07 Å². The van der Waals surface area contributed by atoms with Crippen molar-refractivity contribution in [1.29, 1.82) is 0 Å². The molecule has 2 N–H and O–H groups in total. The van der Waals surface area contributed by atoms with Gasteiger partial charge in [0.05, 0.1) is 11.1 Å². The summed E-state index contributed by atoms with van der Waals surface area (Å²) in [6.45, 7) is 7.50. The van der Waals surface area contributed by atoms with E-state index in [4.69, 9.17) is 9.72 Å². The molecule has 41 heavy (non-hydrogen) atoms. The number of fused-ring (bicyclic) bond motifs is 2. The molecule has 0 spiro atoms. The normalized spacial score (nSPS) is 21.9. The highest BCUT2D eigenvalue weighted by Crippen LogP contribution is 2.31. The highest BCUT2D eigenvalue weighted by molar-refractivity contribution is 6.14. The van der Waals surface area contributed by atoms with E-state index in [2.05, 4.69) is 51.4 Å². The molecule has 0 radical (unpaired) electrons. The number of nitrogens with one attached hydrogen (secondary N) is 2. The Kier molecular flexibility index (Phi) is 7.48. The van der Waals surface area contributed by atoms with Crippen molar-refractivity contribution in [2.75, 3.05) is 43.5 Å². The van der Waals surface area contributed by atoms with Gasteiger partial charge in [0.1, 0.15) is 12.1 Å². The van der Waals surface area contributed by atoms with Crippen molar-refractivity contribution < 1.29 is 13.9 Å². The van der Waals surface area contributed by atoms with Gasteiger partial charge in [-0.05, 0) is 64.5 Å². The van der Waals surface area contributed by atoms with Crippen molar-refractivity contribution in [3.8, 4) is 6.01 Å². The van der Waals surface area contributed by atoms with Gasteiger partial charge in [-0.25, -0.2) is 9.37 Å². The smallest absolute Gasteiger partial charge is 0.316 e. The largest absolute Gasteiger partial charge is 0.462 e. The third-order valence-corrected chi connectivity index (χ3v) is 8.11. The van der Waals surface area contributed by atoms with Gasteiger partial charge in [0, 0.05) is 72.8 Å². The lowest BCUT2D eigenvalue weighted by atomic mass is 10.0. The van der Waals surface area contributed by atoms with Crippen molar-refractivity contribution in [2.24, 2.45) is 7.05 Å². The zero-order valence-electron chi connectivity index (χ0n) is 24.0. The number of likely N-dealkylation sites (tertiary alicyclic amines) is 1. The van der Waals surface area contributed by atoms with Gasteiger partial charge in [0.25, 0.3) is 5.91 Å². The van der Waals surface area contributed by atoms with Gasteiger partial charge < -0.3 is 25.2 Å². The van der Waals surface area contributed by atoms with Crippen LogP contribution in [0.4, 0.5) is 15.8 Å². The van der Waals surface area contributed by atoms with Crippen LogP contribution in [0.3, 0.4) is 0 Å². The number of carbonyl (C=O) groups excluding carboxylic acids is 1. The Bertz CT molecular complexity index is 1580. The molecule has 2 aliphatic heterocycles. The molecule has 2 aromatic heterocycles. The Morgan fingerprint density at radius 2 is 1.95 bits per heavy atom. The van der Waals surface area contributed by atoms with E-state index in [1.54, 1.807) is 36.3 Å². The molecule has 0 saturated carbocycles. The summed E-state index contributed by atoms with van der Waals surface area (Å²) in [5.74, 6) is -0.880. The zero-order chi connectivity index (χ0) is 28.7. The van der Waals surface area contributed by atoms with Crippen molar-refractivity contribution in [2.45, 2.75) is 51.2 Å². The molecule has 2 aliphatic rings. The van der Waals surface area contributed by atoms with Crippen LogP contribution in [0.2, 0.25) is 0 Å². The molecule has 11 heteroatoms. The number of piperazine rings is 1. The number of nitrogens with zero attached hydrogens (tertiary/aromatic N) is 6. The van der Waals surface area contributed by atoms with Crippen LogP contribution in [-0.2, 0) is 7.05 Å². The van der Waals surface area contributed by atoms with Crippen LogP contribution < -0.4 is 20.3 Å². The van der Waals surface area contributed by atoms with Gasteiger partial charge in [0.15, 0.2) is 5.82 Å². The summed E-state index contributed by atoms with van der Waals surface area (Å²) in [6, 6.07) is 7.91. The number of amides is 1. The van der Waals surface area contributed by atoms with Crippen molar-refractivity contribution in [3.63, 3.8) is 0 Å². The maximum Gasteiger partial charge on any atom is 0.316 e. The Morgan fingerprint density at radius 3 is 2.73 bits per heavy atom. The number of carbonyl (C=O) groups is 1. The zero-order valence-corrected chi connectivity index (χ0v) is 24.0. The summed E-state index contributed by atoms with van der Waals surface area (Å²) < 4.78 is 22.4. The molecule has 4 heterocycles. The third kappa shape index (κ3) is 5.69. The number of hydrogen-bond acceptors (Lipinski definition) is 8. The maximum atomic E-state index is 14.7. The average molecular weight is 561 g/mol. The number of piperidine rings is 1. The minimum absolute atomic E-state index is 0.243. The Morgan fingerprint density at radius 1 is 1.15 bits per heavy atom. The summed E-state index contributed by atoms with van der Waals surface area (Å²) in [5, 5.41) is 12.0. The Labute approximate surface area is 238 Å². The Balaban J connectivity index is 1.35. The lowest BCUT2D eigenvalue weighted by Crippen LogP contribution is -2.54. The summed E-state index contributed by atoms with van der Waals surface area (Å²) >= 11 is 0. The number of anilines is 2. The van der Waals surface area contributed by atoms with E-state index in [0.717, 1.165) is 37.1 Å². The number of ether oxygens (including phenoxy) is 1. The molecule has 3 atom stereocenters. The van der Waals surface area contributed by atoms with Gasteiger partial charge in [-0.15, -0.1) is 0 Å². The Hall–Kier alpha value is -3.83. The number of halogens is 1. The van der Waals surface area contributed by atoms with Crippen LogP contribution >= 0.6 is 0 Å². The molecule has 1 amide bonds. The molecule has 4 aromatic rings. The highest BCUT2D eigenvalue weighted by atomic mass is 19.1. The summed E-state index contributed by atoms with van der Waals surface area (Å²) in [7, 11) is 3.85. The first-order valence-corrected chi connectivity index (χ1v) is 14.3. The van der Waals surface area contributed by atoms with Crippen LogP contribution in [0.15, 0.2) is 36.7 Å².